The van der Waals surface area contributed by atoms with Gasteiger partial charge in [0.25, 0.3) is 0 Å². The Hall–Kier alpha value is 0.310. The van der Waals surface area contributed by atoms with E-state index in [2.05, 4.69) is 30.9 Å². The highest BCUT2D eigenvalue weighted by molar-refractivity contribution is 7.99. The van der Waals surface area contributed by atoms with E-state index >= 15 is 0 Å². The second kappa shape index (κ2) is 4.44. The molecule has 1 nitrogen and oxygen atoms in total. The third kappa shape index (κ3) is 2.90. The van der Waals surface area contributed by atoms with Gasteiger partial charge in [0, 0.05) is 11.8 Å². The van der Waals surface area contributed by atoms with E-state index in [0.29, 0.717) is 5.41 Å². The topological polar surface area (TPSA) is 12.0 Å². The van der Waals surface area contributed by atoms with Gasteiger partial charge in [-0.2, -0.15) is 11.8 Å². The molecular weight excluding hydrogens is 190 g/mol. The number of hydrogen-bond acceptors (Lipinski definition) is 2. The van der Waals surface area contributed by atoms with Gasteiger partial charge < -0.3 is 5.32 Å². The largest absolute Gasteiger partial charge is 0.313 e. The molecule has 1 atom stereocenters. The molecule has 1 N–H and O–H groups in total. The quantitative estimate of drug-likeness (QED) is 0.773. The molecule has 2 fully saturated rings. The van der Waals surface area contributed by atoms with Gasteiger partial charge in [0.15, 0.2) is 0 Å². The first kappa shape index (κ1) is 10.8. The van der Waals surface area contributed by atoms with E-state index in [1.807, 2.05) is 0 Å². The average Bonchev–Trinajstić information content (AvgIpc) is 1.99. The monoisotopic (exact) mass is 213 g/mol. The molecular formula is C12H23NS. The molecule has 82 valence electrons. The minimum atomic E-state index is 0.556. The zero-order valence-corrected chi connectivity index (χ0v) is 10.3. The Kier molecular flexibility index (Phi) is 3.43. The van der Waals surface area contributed by atoms with Crippen LogP contribution in [0, 0.1) is 11.3 Å². The first-order valence-electron chi connectivity index (χ1n) is 5.97. The lowest BCUT2D eigenvalue weighted by atomic mass is 9.84. The van der Waals surface area contributed by atoms with Crippen molar-refractivity contribution in [2.24, 2.45) is 11.3 Å². The highest BCUT2D eigenvalue weighted by Gasteiger charge is 2.28. The van der Waals surface area contributed by atoms with Gasteiger partial charge in [0.1, 0.15) is 0 Å². The van der Waals surface area contributed by atoms with Gasteiger partial charge in [-0.05, 0) is 42.9 Å². The minimum Gasteiger partial charge on any atom is -0.313 e. The molecule has 2 heteroatoms. The molecule has 1 aliphatic carbocycles. The fourth-order valence-electron chi connectivity index (χ4n) is 2.42. The van der Waals surface area contributed by atoms with Crippen LogP contribution in [0.1, 0.15) is 39.5 Å². The van der Waals surface area contributed by atoms with Gasteiger partial charge >= 0.3 is 0 Å². The summed E-state index contributed by atoms with van der Waals surface area (Å²) >= 11 is 2.12. The smallest absolute Gasteiger partial charge is 0.0163 e. The van der Waals surface area contributed by atoms with Crippen molar-refractivity contribution in [3.05, 3.63) is 0 Å². The van der Waals surface area contributed by atoms with Crippen LogP contribution in [0.25, 0.3) is 0 Å². The van der Waals surface area contributed by atoms with Crippen molar-refractivity contribution in [2.75, 3.05) is 18.1 Å². The van der Waals surface area contributed by atoms with Crippen molar-refractivity contribution in [3.8, 4) is 0 Å². The summed E-state index contributed by atoms with van der Waals surface area (Å²) < 4.78 is 0. The van der Waals surface area contributed by atoms with Crippen LogP contribution in [0.4, 0.5) is 0 Å². The van der Waals surface area contributed by atoms with Crippen LogP contribution in [0.5, 0.6) is 0 Å². The summed E-state index contributed by atoms with van der Waals surface area (Å²) in [6, 6.07) is 0.782. The SMILES string of the molecule is CC1(C)CSCC(NCC2CCC2)C1. The predicted molar refractivity (Wildman–Crippen MR) is 64.9 cm³/mol. The third-order valence-corrected chi connectivity index (χ3v) is 5.15. The maximum absolute atomic E-state index is 3.76. The molecule has 2 rings (SSSR count). The lowest BCUT2D eigenvalue weighted by Crippen LogP contribution is -2.43. The van der Waals surface area contributed by atoms with Crippen LogP contribution < -0.4 is 5.32 Å². The number of rotatable bonds is 3. The summed E-state index contributed by atoms with van der Waals surface area (Å²) in [6.45, 7) is 6.08. The van der Waals surface area contributed by atoms with E-state index in [0.717, 1.165) is 12.0 Å². The highest BCUT2D eigenvalue weighted by Crippen LogP contribution is 2.34. The summed E-state index contributed by atoms with van der Waals surface area (Å²) in [4.78, 5) is 0. The summed E-state index contributed by atoms with van der Waals surface area (Å²) in [5, 5.41) is 3.76. The Bertz CT molecular complexity index is 187. The van der Waals surface area contributed by atoms with Crippen molar-refractivity contribution in [1.82, 2.24) is 5.32 Å². The van der Waals surface area contributed by atoms with Crippen LogP contribution in [-0.2, 0) is 0 Å². The van der Waals surface area contributed by atoms with E-state index in [1.165, 1.54) is 43.7 Å². The molecule has 1 heterocycles. The van der Waals surface area contributed by atoms with E-state index in [-0.39, 0.29) is 0 Å². The molecule has 0 aromatic heterocycles. The Balaban J connectivity index is 1.69. The van der Waals surface area contributed by atoms with E-state index < -0.39 is 0 Å². The van der Waals surface area contributed by atoms with Crippen LogP contribution in [0.2, 0.25) is 0 Å². The first-order valence-corrected chi connectivity index (χ1v) is 7.12. The van der Waals surface area contributed by atoms with E-state index in [9.17, 15) is 0 Å². The Labute approximate surface area is 92.4 Å². The lowest BCUT2D eigenvalue weighted by Gasteiger charge is -2.37. The summed E-state index contributed by atoms with van der Waals surface area (Å²) in [6.07, 6.45) is 5.77. The van der Waals surface area contributed by atoms with Crippen molar-refractivity contribution >= 4 is 11.8 Å². The van der Waals surface area contributed by atoms with Gasteiger partial charge in [-0.1, -0.05) is 20.3 Å². The molecule has 14 heavy (non-hydrogen) atoms. The normalized spacial score (nSPS) is 32.6. The highest BCUT2D eigenvalue weighted by atomic mass is 32.2. The molecule has 0 radical (unpaired) electrons. The minimum absolute atomic E-state index is 0.556. The molecule has 1 unspecified atom stereocenters. The van der Waals surface area contributed by atoms with Crippen LogP contribution in [0.15, 0.2) is 0 Å². The molecule has 0 aromatic carbocycles. The lowest BCUT2D eigenvalue weighted by molar-refractivity contribution is 0.263. The molecule has 0 spiro atoms. The first-order chi connectivity index (χ1) is 6.66. The molecule has 0 amide bonds. The zero-order chi connectivity index (χ0) is 10.0. The fraction of sp³-hybridized carbons (Fsp3) is 1.00. The fourth-order valence-corrected chi connectivity index (χ4v) is 3.73. The van der Waals surface area contributed by atoms with Crippen molar-refractivity contribution in [2.45, 2.75) is 45.6 Å². The summed E-state index contributed by atoms with van der Waals surface area (Å²) in [7, 11) is 0. The second-order valence-corrected chi connectivity index (χ2v) is 6.82. The van der Waals surface area contributed by atoms with Crippen LogP contribution >= 0.6 is 11.8 Å². The van der Waals surface area contributed by atoms with E-state index in [4.69, 9.17) is 0 Å². The predicted octanol–water partition coefficient (Wildman–Crippen LogP) is 2.91. The Morgan fingerprint density at radius 1 is 1.36 bits per heavy atom. The zero-order valence-electron chi connectivity index (χ0n) is 9.51. The summed E-state index contributed by atoms with van der Waals surface area (Å²) in [5.74, 6) is 3.68. The third-order valence-electron chi connectivity index (χ3n) is 3.53. The summed E-state index contributed by atoms with van der Waals surface area (Å²) in [5.41, 5.74) is 0.556. The molecule has 1 aliphatic heterocycles. The maximum Gasteiger partial charge on any atom is 0.0163 e. The molecule has 0 aromatic rings. The number of thioether (sulfide) groups is 1. The van der Waals surface area contributed by atoms with Crippen LogP contribution in [-0.4, -0.2) is 24.1 Å². The number of nitrogens with one attached hydrogen (secondary N) is 1. The standard InChI is InChI=1S/C12H23NS/c1-12(2)6-11(8-14-9-12)13-7-10-4-3-5-10/h10-11,13H,3-9H2,1-2H3. The number of hydrogen-bond donors (Lipinski definition) is 1. The molecule has 1 saturated carbocycles. The van der Waals surface area contributed by atoms with Gasteiger partial charge in [0.05, 0.1) is 0 Å². The average molecular weight is 213 g/mol. The van der Waals surface area contributed by atoms with Crippen LogP contribution in [0.3, 0.4) is 0 Å². The van der Waals surface area contributed by atoms with Crippen molar-refractivity contribution in [1.29, 1.82) is 0 Å². The van der Waals surface area contributed by atoms with E-state index in [1.54, 1.807) is 0 Å². The second-order valence-electron chi connectivity index (χ2n) is 5.79. The van der Waals surface area contributed by atoms with Gasteiger partial charge in [0.2, 0.25) is 0 Å². The van der Waals surface area contributed by atoms with Crippen molar-refractivity contribution in [3.63, 3.8) is 0 Å². The molecule has 0 bridgehead atoms. The Morgan fingerprint density at radius 2 is 2.14 bits per heavy atom. The maximum atomic E-state index is 3.76. The Morgan fingerprint density at radius 3 is 2.71 bits per heavy atom. The molecule has 2 aliphatic rings. The van der Waals surface area contributed by atoms with Gasteiger partial charge in [-0.25, -0.2) is 0 Å². The van der Waals surface area contributed by atoms with Gasteiger partial charge in [-0.3, -0.25) is 0 Å². The van der Waals surface area contributed by atoms with Crippen molar-refractivity contribution < 1.29 is 0 Å². The van der Waals surface area contributed by atoms with Gasteiger partial charge in [-0.15, -0.1) is 0 Å². The molecule has 1 saturated heterocycles.